The number of methoxy groups -OCH3 is 1. The first-order valence-corrected chi connectivity index (χ1v) is 4.64. The van der Waals surface area contributed by atoms with Gasteiger partial charge in [-0.3, -0.25) is 0 Å². The molecule has 0 unspecified atom stereocenters. The van der Waals surface area contributed by atoms with Crippen molar-refractivity contribution in [3.8, 4) is 0 Å². The van der Waals surface area contributed by atoms with Crippen LogP contribution < -0.4 is 0 Å². The molecule has 76 valence electrons. The highest BCUT2D eigenvalue weighted by Crippen LogP contribution is 2.22. The van der Waals surface area contributed by atoms with E-state index >= 15 is 0 Å². The van der Waals surface area contributed by atoms with Crippen molar-refractivity contribution in [2.45, 2.75) is 13.3 Å². The molecule has 1 aliphatic carbocycles. The predicted octanol–water partition coefficient (Wildman–Crippen LogP) is 1.87. The van der Waals surface area contributed by atoms with Crippen LogP contribution in [0, 0.1) is 0 Å². The lowest BCUT2D eigenvalue weighted by Gasteiger charge is -2.04. The molecule has 1 aromatic rings. The van der Waals surface area contributed by atoms with Crippen molar-refractivity contribution >= 4 is 5.57 Å². The van der Waals surface area contributed by atoms with Crippen LogP contribution in [0.15, 0.2) is 33.9 Å². The molecular weight excluding hydrogens is 192 g/mol. The van der Waals surface area contributed by atoms with Crippen LogP contribution in [0.3, 0.4) is 0 Å². The first-order valence-electron chi connectivity index (χ1n) is 4.64. The molecule has 0 bridgehead atoms. The van der Waals surface area contributed by atoms with Crippen LogP contribution in [-0.4, -0.2) is 17.3 Å². The molecule has 0 atom stereocenters. The summed E-state index contributed by atoms with van der Waals surface area (Å²) in [5.41, 5.74) is 6.37. The zero-order valence-corrected chi connectivity index (χ0v) is 8.57. The van der Waals surface area contributed by atoms with Gasteiger partial charge in [-0.2, -0.15) is 4.98 Å². The van der Waals surface area contributed by atoms with E-state index in [0.717, 1.165) is 6.42 Å². The van der Waals surface area contributed by atoms with E-state index in [0.29, 0.717) is 23.0 Å². The van der Waals surface area contributed by atoms with Crippen molar-refractivity contribution in [3.05, 3.63) is 41.1 Å². The van der Waals surface area contributed by atoms with E-state index < -0.39 is 0 Å². The summed E-state index contributed by atoms with van der Waals surface area (Å²) in [5.74, 6) is 1.74. The van der Waals surface area contributed by atoms with Crippen molar-refractivity contribution in [1.82, 2.24) is 10.1 Å². The number of nitrogens with zero attached hydrogens (tertiary/aromatic N) is 2. The standard InChI is InChI=1S/C11H10N2O2/c1-3-10-12-11(15-13-10)8-6-4-5-7-9(8)14-2/h5,7H,3H2,1-2H3. The molecule has 4 nitrogen and oxygen atoms in total. The average Bonchev–Trinajstić information content (AvgIpc) is 2.77. The molecule has 1 aromatic heterocycles. The number of hydrogen-bond acceptors (Lipinski definition) is 4. The Labute approximate surface area is 87.3 Å². The fourth-order valence-electron chi connectivity index (χ4n) is 1.20. The molecule has 15 heavy (non-hydrogen) atoms. The molecule has 4 heteroatoms. The van der Waals surface area contributed by atoms with Gasteiger partial charge in [0.05, 0.1) is 7.11 Å². The Hall–Kier alpha value is -2.02. The van der Waals surface area contributed by atoms with E-state index in [9.17, 15) is 0 Å². The predicted molar refractivity (Wildman–Crippen MR) is 53.8 cm³/mol. The van der Waals surface area contributed by atoms with Crippen molar-refractivity contribution < 1.29 is 9.26 Å². The van der Waals surface area contributed by atoms with E-state index in [-0.39, 0.29) is 0 Å². The van der Waals surface area contributed by atoms with Gasteiger partial charge in [0.1, 0.15) is 11.3 Å². The molecular formula is C11H10N2O2. The topological polar surface area (TPSA) is 48.2 Å². The van der Waals surface area contributed by atoms with E-state index in [1.54, 1.807) is 19.3 Å². The van der Waals surface area contributed by atoms with Gasteiger partial charge in [-0.1, -0.05) is 23.5 Å². The molecule has 1 heterocycles. The largest absolute Gasteiger partial charge is 0.495 e. The quantitative estimate of drug-likeness (QED) is 0.702. The molecule has 1 aliphatic rings. The normalized spacial score (nSPS) is 13.7. The minimum Gasteiger partial charge on any atom is -0.495 e. The number of allylic oxidation sites excluding steroid dienone is 3. The lowest BCUT2D eigenvalue weighted by Crippen LogP contribution is -1.93. The summed E-state index contributed by atoms with van der Waals surface area (Å²) in [6.45, 7) is 1.96. The number of aryl methyl sites for hydroxylation is 1. The van der Waals surface area contributed by atoms with Gasteiger partial charge < -0.3 is 9.26 Å². The Morgan fingerprint density at radius 1 is 1.53 bits per heavy atom. The van der Waals surface area contributed by atoms with E-state index in [4.69, 9.17) is 9.26 Å². The summed E-state index contributed by atoms with van der Waals surface area (Å²) in [6, 6.07) is 0. The Balaban J connectivity index is 2.42. The van der Waals surface area contributed by atoms with Gasteiger partial charge >= 0.3 is 0 Å². The fourth-order valence-corrected chi connectivity index (χ4v) is 1.20. The molecule has 0 fully saturated rings. The fraction of sp³-hybridized carbons (Fsp3) is 0.273. The molecule has 0 radical (unpaired) electrons. The molecule has 0 amide bonds. The van der Waals surface area contributed by atoms with E-state index in [1.807, 2.05) is 6.92 Å². The molecule has 0 aromatic carbocycles. The van der Waals surface area contributed by atoms with Crippen molar-refractivity contribution in [2.75, 3.05) is 7.11 Å². The average molecular weight is 202 g/mol. The lowest BCUT2D eigenvalue weighted by atomic mass is 10.2. The maximum atomic E-state index is 5.16. The second kappa shape index (κ2) is 4.01. The second-order valence-electron chi connectivity index (χ2n) is 2.92. The maximum Gasteiger partial charge on any atom is 0.270 e. The first kappa shape index (κ1) is 9.53. The number of hydrogen-bond donors (Lipinski definition) is 0. The third-order valence-electron chi connectivity index (χ3n) is 1.98. The Kier molecular flexibility index (Phi) is 2.55. The highest BCUT2D eigenvalue weighted by Gasteiger charge is 2.16. The third kappa shape index (κ3) is 1.77. The van der Waals surface area contributed by atoms with Gasteiger partial charge in [0.15, 0.2) is 5.82 Å². The molecule has 0 spiro atoms. The summed E-state index contributed by atoms with van der Waals surface area (Å²) in [4.78, 5) is 4.20. The first-order chi connectivity index (χ1) is 7.35. The van der Waals surface area contributed by atoms with Crippen LogP contribution in [0.4, 0.5) is 0 Å². The summed E-state index contributed by atoms with van der Waals surface area (Å²) in [7, 11) is 1.59. The van der Waals surface area contributed by atoms with Crippen LogP contribution in [0.1, 0.15) is 18.6 Å². The summed E-state index contributed by atoms with van der Waals surface area (Å²) < 4.78 is 10.3. The van der Waals surface area contributed by atoms with Gasteiger partial charge in [0, 0.05) is 6.42 Å². The van der Waals surface area contributed by atoms with Crippen molar-refractivity contribution in [3.63, 3.8) is 0 Å². The van der Waals surface area contributed by atoms with Crippen LogP contribution in [0.25, 0.3) is 5.57 Å². The summed E-state index contributed by atoms with van der Waals surface area (Å²) in [6.07, 6.45) is 4.24. The number of rotatable bonds is 3. The van der Waals surface area contributed by atoms with Gasteiger partial charge in [0.2, 0.25) is 0 Å². The van der Waals surface area contributed by atoms with Crippen molar-refractivity contribution in [2.24, 2.45) is 0 Å². The number of aromatic nitrogens is 2. The number of ether oxygens (including phenoxy) is 1. The van der Waals surface area contributed by atoms with Crippen LogP contribution in [0.5, 0.6) is 0 Å². The highest BCUT2D eigenvalue weighted by molar-refractivity contribution is 5.73. The zero-order chi connectivity index (χ0) is 10.7. The summed E-state index contributed by atoms with van der Waals surface area (Å²) >= 11 is 0. The molecule has 0 saturated carbocycles. The van der Waals surface area contributed by atoms with Gasteiger partial charge in [-0.15, -0.1) is 0 Å². The monoisotopic (exact) mass is 202 g/mol. The smallest absolute Gasteiger partial charge is 0.270 e. The van der Waals surface area contributed by atoms with Gasteiger partial charge in [-0.25, -0.2) is 0 Å². The third-order valence-corrected chi connectivity index (χ3v) is 1.98. The minimum atomic E-state index is 0.417. The molecule has 0 saturated heterocycles. The minimum absolute atomic E-state index is 0.417. The van der Waals surface area contributed by atoms with E-state index in [1.165, 1.54) is 0 Å². The van der Waals surface area contributed by atoms with Crippen LogP contribution in [-0.2, 0) is 11.2 Å². The zero-order valence-electron chi connectivity index (χ0n) is 8.57. The Bertz CT molecular complexity index is 498. The van der Waals surface area contributed by atoms with Crippen molar-refractivity contribution in [1.29, 1.82) is 0 Å². The van der Waals surface area contributed by atoms with Gasteiger partial charge in [0.25, 0.3) is 5.89 Å². The van der Waals surface area contributed by atoms with Crippen LogP contribution in [0.2, 0.25) is 0 Å². The Morgan fingerprint density at radius 3 is 3.07 bits per heavy atom. The lowest BCUT2D eigenvalue weighted by molar-refractivity contribution is 0.306. The molecule has 0 aliphatic heterocycles. The van der Waals surface area contributed by atoms with E-state index in [2.05, 4.69) is 21.6 Å². The molecule has 0 N–H and O–H groups in total. The maximum absolute atomic E-state index is 5.16. The highest BCUT2D eigenvalue weighted by atomic mass is 16.5. The Morgan fingerprint density at radius 2 is 2.40 bits per heavy atom. The van der Waals surface area contributed by atoms with Gasteiger partial charge in [-0.05, 0) is 12.2 Å². The molecule has 2 rings (SSSR count). The van der Waals surface area contributed by atoms with Crippen LogP contribution >= 0.6 is 0 Å². The SMILES string of the molecule is CCc1noc(C2=C=C=CC=C2OC)n1. The summed E-state index contributed by atoms with van der Waals surface area (Å²) in [5, 5.41) is 3.81. The second-order valence-corrected chi connectivity index (χ2v) is 2.92.